The van der Waals surface area contributed by atoms with Gasteiger partial charge < -0.3 is 4.74 Å². The van der Waals surface area contributed by atoms with E-state index in [-0.39, 0.29) is 5.41 Å². The van der Waals surface area contributed by atoms with Crippen LogP contribution in [0, 0.1) is 5.41 Å². The van der Waals surface area contributed by atoms with Gasteiger partial charge in [0.25, 0.3) is 0 Å². The van der Waals surface area contributed by atoms with Crippen molar-refractivity contribution in [1.29, 1.82) is 0 Å². The highest BCUT2D eigenvalue weighted by Crippen LogP contribution is 2.18. The summed E-state index contributed by atoms with van der Waals surface area (Å²) in [4.78, 5) is 5.14. The van der Waals surface area contributed by atoms with Crippen LogP contribution in [-0.2, 0) is 4.74 Å². The molecule has 0 aliphatic carbocycles. The lowest BCUT2D eigenvalue weighted by Gasteiger charge is -2.44. The van der Waals surface area contributed by atoms with Crippen LogP contribution in [0.25, 0.3) is 0 Å². The maximum absolute atomic E-state index is 5.85. The Morgan fingerprint density at radius 2 is 1.47 bits per heavy atom. The van der Waals surface area contributed by atoms with Crippen LogP contribution < -0.4 is 0 Å². The van der Waals surface area contributed by atoms with Crippen LogP contribution in [0.15, 0.2) is 0 Å². The smallest absolute Gasteiger partial charge is 0.0619 e. The molecule has 1 aliphatic rings. The zero-order valence-electron chi connectivity index (χ0n) is 14.1. The summed E-state index contributed by atoms with van der Waals surface area (Å²) >= 11 is 0. The van der Waals surface area contributed by atoms with Gasteiger partial charge in [0.05, 0.1) is 13.2 Å². The van der Waals surface area contributed by atoms with E-state index in [4.69, 9.17) is 4.74 Å². The number of piperazine rings is 1. The third kappa shape index (κ3) is 6.24. The van der Waals surface area contributed by atoms with E-state index in [2.05, 4.69) is 58.3 Å². The molecule has 0 N–H and O–H groups in total. The Morgan fingerprint density at radius 3 is 1.89 bits per heavy atom. The minimum Gasteiger partial charge on any atom is -0.379 e. The fourth-order valence-corrected chi connectivity index (χ4v) is 2.47. The number of nitrogens with zero attached hydrogens (tertiary/aromatic N) is 2. The summed E-state index contributed by atoms with van der Waals surface area (Å²) in [7, 11) is 0. The van der Waals surface area contributed by atoms with Crippen LogP contribution in [0.5, 0.6) is 0 Å². The zero-order valence-corrected chi connectivity index (χ0v) is 14.1. The normalized spacial score (nSPS) is 21.6. The van der Waals surface area contributed by atoms with Gasteiger partial charge in [-0.15, -0.1) is 0 Å². The van der Waals surface area contributed by atoms with Crippen molar-refractivity contribution in [3.05, 3.63) is 0 Å². The first-order valence-electron chi connectivity index (χ1n) is 7.66. The molecule has 1 unspecified atom stereocenters. The number of hydrogen-bond acceptors (Lipinski definition) is 3. The lowest BCUT2D eigenvalue weighted by Crippen LogP contribution is -2.55. The Hall–Kier alpha value is -0.120. The van der Waals surface area contributed by atoms with Gasteiger partial charge in [-0.25, -0.2) is 0 Å². The molecule has 0 bridgehead atoms. The molecule has 0 saturated carbocycles. The predicted octanol–water partition coefficient (Wildman–Crippen LogP) is 2.85. The monoisotopic (exact) mass is 270 g/mol. The minimum atomic E-state index is 0.269. The van der Waals surface area contributed by atoms with Crippen molar-refractivity contribution in [1.82, 2.24) is 9.80 Å². The topological polar surface area (TPSA) is 15.7 Å². The van der Waals surface area contributed by atoms with Gasteiger partial charge in [-0.2, -0.15) is 0 Å². The largest absolute Gasteiger partial charge is 0.379 e. The van der Waals surface area contributed by atoms with Gasteiger partial charge in [0, 0.05) is 37.8 Å². The average Bonchev–Trinajstić information content (AvgIpc) is 2.26. The molecule has 0 amide bonds. The van der Waals surface area contributed by atoms with E-state index in [0.29, 0.717) is 11.6 Å². The molecule has 1 fully saturated rings. The van der Waals surface area contributed by atoms with Crippen LogP contribution in [0.1, 0.15) is 48.5 Å². The van der Waals surface area contributed by atoms with E-state index in [1.54, 1.807) is 0 Å². The van der Waals surface area contributed by atoms with E-state index >= 15 is 0 Å². The molecule has 114 valence electrons. The van der Waals surface area contributed by atoms with Crippen molar-refractivity contribution in [2.75, 3.05) is 39.4 Å². The third-order valence-electron chi connectivity index (χ3n) is 3.78. The molecule has 1 atom stereocenters. The number of rotatable bonds is 4. The Balaban J connectivity index is 2.27. The number of hydrogen-bond donors (Lipinski definition) is 0. The van der Waals surface area contributed by atoms with Crippen LogP contribution in [0.3, 0.4) is 0 Å². The fourth-order valence-electron chi connectivity index (χ4n) is 2.47. The second-order valence-electron chi connectivity index (χ2n) is 8.12. The van der Waals surface area contributed by atoms with E-state index in [1.807, 2.05) is 0 Å². The summed E-state index contributed by atoms with van der Waals surface area (Å²) in [6.07, 6.45) is 0. The number of ether oxygens (including phenoxy) is 1. The van der Waals surface area contributed by atoms with E-state index in [0.717, 1.165) is 26.3 Å². The van der Waals surface area contributed by atoms with Crippen LogP contribution in [0.4, 0.5) is 0 Å². The SMILES string of the molecule is CC(COCC(C)(C)C)N1CCN(C(C)(C)C)CC1. The minimum absolute atomic E-state index is 0.269. The highest BCUT2D eigenvalue weighted by Gasteiger charge is 2.27. The van der Waals surface area contributed by atoms with Crippen LogP contribution in [-0.4, -0.2) is 60.8 Å². The molecule has 0 aromatic heterocycles. The first kappa shape index (κ1) is 16.9. The zero-order chi connectivity index (χ0) is 14.7. The quantitative estimate of drug-likeness (QED) is 0.781. The van der Waals surface area contributed by atoms with Crippen molar-refractivity contribution in [2.24, 2.45) is 5.41 Å². The molecule has 0 aromatic carbocycles. The Morgan fingerprint density at radius 1 is 0.947 bits per heavy atom. The molecule has 0 aromatic rings. The van der Waals surface area contributed by atoms with Gasteiger partial charge in [-0.1, -0.05) is 20.8 Å². The van der Waals surface area contributed by atoms with Gasteiger partial charge in [0.1, 0.15) is 0 Å². The van der Waals surface area contributed by atoms with Crippen molar-refractivity contribution >= 4 is 0 Å². The molecule has 1 rings (SSSR count). The second kappa shape index (κ2) is 6.55. The second-order valence-corrected chi connectivity index (χ2v) is 8.12. The van der Waals surface area contributed by atoms with Gasteiger partial charge in [0.15, 0.2) is 0 Å². The maximum atomic E-state index is 5.85. The van der Waals surface area contributed by atoms with Gasteiger partial charge in [-0.05, 0) is 33.1 Å². The molecule has 1 aliphatic heterocycles. The van der Waals surface area contributed by atoms with Crippen molar-refractivity contribution in [3.8, 4) is 0 Å². The van der Waals surface area contributed by atoms with Gasteiger partial charge >= 0.3 is 0 Å². The highest BCUT2D eigenvalue weighted by molar-refractivity contribution is 4.83. The molecule has 3 heteroatoms. The van der Waals surface area contributed by atoms with Gasteiger partial charge in [-0.3, -0.25) is 9.80 Å². The molecule has 0 spiro atoms. The molecular weight excluding hydrogens is 236 g/mol. The molecular formula is C16H34N2O. The van der Waals surface area contributed by atoms with Crippen molar-refractivity contribution in [2.45, 2.75) is 60.0 Å². The summed E-state index contributed by atoms with van der Waals surface area (Å²) < 4.78 is 5.85. The van der Waals surface area contributed by atoms with Crippen molar-refractivity contribution in [3.63, 3.8) is 0 Å². The molecule has 1 heterocycles. The first-order valence-corrected chi connectivity index (χ1v) is 7.66. The first-order chi connectivity index (χ1) is 8.59. The standard InChI is InChI=1S/C16H34N2O/c1-14(12-19-13-15(2,3)4)17-8-10-18(11-9-17)16(5,6)7/h14H,8-13H2,1-7H3. The molecule has 3 nitrogen and oxygen atoms in total. The van der Waals surface area contributed by atoms with Crippen molar-refractivity contribution < 1.29 is 4.74 Å². The average molecular weight is 270 g/mol. The Labute approximate surface area is 120 Å². The predicted molar refractivity (Wildman–Crippen MR) is 82.6 cm³/mol. The summed E-state index contributed by atoms with van der Waals surface area (Å²) in [5.74, 6) is 0. The van der Waals surface area contributed by atoms with Crippen LogP contribution >= 0.6 is 0 Å². The van der Waals surface area contributed by atoms with Crippen LogP contribution in [0.2, 0.25) is 0 Å². The Bertz CT molecular complexity index is 257. The summed E-state index contributed by atoms with van der Waals surface area (Å²) in [5, 5.41) is 0. The molecule has 0 radical (unpaired) electrons. The fraction of sp³-hybridized carbons (Fsp3) is 1.00. The van der Waals surface area contributed by atoms with E-state index in [1.165, 1.54) is 13.1 Å². The lowest BCUT2D eigenvalue weighted by atomic mass is 9.99. The third-order valence-corrected chi connectivity index (χ3v) is 3.78. The lowest BCUT2D eigenvalue weighted by molar-refractivity contribution is -0.000790. The Kier molecular flexibility index (Phi) is 5.84. The maximum Gasteiger partial charge on any atom is 0.0619 e. The summed E-state index contributed by atoms with van der Waals surface area (Å²) in [6, 6.07) is 0.532. The molecule has 19 heavy (non-hydrogen) atoms. The van der Waals surface area contributed by atoms with E-state index in [9.17, 15) is 0 Å². The molecule has 1 saturated heterocycles. The summed E-state index contributed by atoms with van der Waals surface area (Å²) in [5.41, 5.74) is 0.572. The summed E-state index contributed by atoms with van der Waals surface area (Å²) in [6.45, 7) is 22.2. The van der Waals surface area contributed by atoms with E-state index < -0.39 is 0 Å². The highest BCUT2D eigenvalue weighted by atomic mass is 16.5. The van der Waals surface area contributed by atoms with Gasteiger partial charge in [0.2, 0.25) is 0 Å².